The number of rotatable bonds is 6. The number of benzene rings is 3. The number of carbonyl (C=O) groups excluding carboxylic acids is 2. The molecule has 0 aromatic heterocycles. The fourth-order valence-corrected chi connectivity index (χ4v) is 5.29. The lowest BCUT2D eigenvalue weighted by atomic mass is 10.0. The van der Waals surface area contributed by atoms with Crippen LogP contribution < -0.4 is 10.2 Å². The zero-order chi connectivity index (χ0) is 25.8. The van der Waals surface area contributed by atoms with Crippen molar-refractivity contribution in [2.45, 2.75) is 38.4 Å². The average molecular weight is 500 g/mol. The standard InChI is InChI=1S/C29H26FN3O2S/c1-18(2)21-9-13-24(14-10-21)33-28(35)26(16-20-7-11-22(30)12-8-20)36-29(33)25(17-31)27(34)32-23-6-4-5-19(3)15-23/h4-15,18,26H,16H2,1-3H3,(H,32,34)/b29-25-. The first-order valence-corrected chi connectivity index (χ1v) is 12.5. The first kappa shape index (κ1) is 25.2. The van der Waals surface area contributed by atoms with E-state index >= 15 is 0 Å². The summed E-state index contributed by atoms with van der Waals surface area (Å²) < 4.78 is 13.4. The van der Waals surface area contributed by atoms with Gasteiger partial charge in [0.2, 0.25) is 5.91 Å². The van der Waals surface area contributed by atoms with Crippen molar-refractivity contribution in [3.05, 3.63) is 106 Å². The molecule has 1 N–H and O–H groups in total. The van der Waals surface area contributed by atoms with E-state index in [1.807, 2.05) is 55.5 Å². The number of carbonyl (C=O) groups is 2. The molecule has 1 atom stereocenters. The molecule has 0 bridgehead atoms. The Bertz CT molecular complexity index is 1360. The SMILES string of the molecule is Cc1cccc(NC(=O)/C(C#N)=C2\SC(Cc3ccc(F)cc3)C(=O)N2c2ccc(C(C)C)cc2)c1. The summed E-state index contributed by atoms with van der Waals surface area (Å²) in [5, 5.41) is 12.5. The Hall–Kier alpha value is -3.89. The van der Waals surface area contributed by atoms with Gasteiger partial charge < -0.3 is 5.32 Å². The molecule has 0 aliphatic carbocycles. The predicted molar refractivity (Wildman–Crippen MR) is 142 cm³/mol. The number of nitriles is 1. The molecule has 5 nitrogen and oxygen atoms in total. The van der Waals surface area contributed by atoms with Crippen LogP contribution >= 0.6 is 11.8 Å². The van der Waals surface area contributed by atoms with Crippen molar-refractivity contribution in [1.29, 1.82) is 5.26 Å². The van der Waals surface area contributed by atoms with Gasteiger partial charge in [-0.05, 0) is 72.4 Å². The molecule has 182 valence electrons. The van der Waals surface area contributed by atoms with Gasteiger partial charge in [0, 0.05) is 11.4 Å². The molecule has 3 aromatic rings. The minimum absolute atomic E-state index is 0.135. The van der Waals surface area contributed by atoms with Gasteiger partial charge in [-0.15, -0.1) is 0 Å². The van der Waals surface area contributed by atoms with Crippen LogP contribution in [0.25, 0.3) is 0 Å². The van der Waals surface area contributed by atoms with Gasteiger partial charge in [0.15, 0.2) is 0 Å². The number of nitrogens with one attached hydrogen (secondary N) is 1. The molecule has 2 amide bonds. The molecule has 3 aromatic carbocycles. The molecule has 1 aliphatic rings. The molecule has 1 heterocycles. The Morgan fingerprint density at radius 3 is 2.42 bits per heavy atom. The summed E-state index contributed by atoms with van der Waals surface area (Å²) in [4.78, 5) is 28.3. The van der Waals surface area contributed by atoms with E-state index in [1.165, 1.54) is 28.8 Å². The molecule has 0 radical (unpaired) electrons. The van der Waals surface area contributed by atoms with E-state index in [0.29, 0.717) is 23.7 Å². The van der Waals surface area contributed by atoms with Crippen molar-refractivity contribution in [3.63, 3.8) is 0 Å². The van der Waals surface area contributed by atoms with Crippen LogP contribution in [-0.4, -0.2) is 17.1 Å². The molecule has 4 rings (SSSR count). The number of thioether (sulfide) groups is 1. The molecule has 1 unspecified atom stereocenters. The van der Waals surface area contributed by atoms with Gasteiger partial charge in [-0.1, -0.05) is 62.0 Å². The van der Waals surface area contributed by atoms with Crippen LogP contribution in [0, 0.1) is 24.1 Å². The summed E-state index contributed by atoms with van der Waals surface area (Å²) >= 11 is 1.18. The van der Waals surface area contributed by atoms with Crippen molar-refractivity contribution < 1.29 is 14.0 Å². The van der Waals surface area contributed by atoms with Gasteiger partial charge in [0.25, 0.3) is 5.91 Å². The Morgan fingerprint density at radius 1 is 1.11 bits per heavy atom. The van der Waals surface area contributed by atoms with Gasteiger partial charge in [0.1, 0.15) is 22.5 Å². The summed E-state index contributed by atoms with van der Waals surface area (Å²) in [6.45, 7) is 6.08. The Kier molecular flexibility index (Phi) is 7.56. The van der Waals surface area contributed by atoms with Crippen molar-refractivity contribution in [2.24, 2.45) is 0 Å². The van der Waals surface area contributed by atoms with Gasteiger partial charge in [-0.3, -0.25) is 14.5 Å². The van der Waals surface area contributed by atoms with Crippen LogP contribution in [0.3, 0.4) is 0 Å². The maximum atomic E-state index is 13.6. The maximum absolute atomic E-state index is 13.6. The van der Waals surface area contributed by atoms with Crippen LogP contribution in [0.2, 0.25) is 0 Å². The zero-order valence-corrected chi connectivity index (χ0v) is 21.1. The second-order valence-electron chi connectivity index (χ2n) is 8.97. The molecule has 0 saturated carbocycles. The number of amides is 2. The van der Waals surface area contributed by atoms with Crippen molar-refractivity contribution >= 4 is 35.0 Å². The van der Waals surface area contributed by atoms with Crippen molar-refractivity contribution in [1.82, 2.24) is 0 Å². The number of halogens is 1. The van der Waals surface area contributed by atoms with Gasteiger partial charge in [-0.25, -0.2) is 4.39 Å². The number of nitrogens with zero attached hydrogens (tertiary/aromatic N) is 2. The highest BCUT2D eigenvalue weighted by Gasteiger charge is 2.40. The molecular formula is C29H26FN3O2S. The molecule has 1 aliphatic heterocycles. The summed E-state index contributed by atoms with van der Waals surface area (Å²) in [5.41, 5.74) is 3.90. The number of hydrogen-bond acceptors (Lipinski definition) is 4. The lowest BCUT2D eigenvalue weighted by molar-refractivity contribution is -0.117. The lowest BCUT2D eigenvalue weighted by Crippen LogP contribution is -2.31. The van der Waals surface area contributed by atoms with Crippen molar-refractivity contribution in [3.8, 4) is 6.07 Å². The highest BCUT2D eigenvalue weighted by molar-refractivity contribution is 8.05. The molecule has 1 saturated heterocycles. The van der Waals surface area contributed by atoms with Gasteiger partial charge >= 0.3 is 0 Å². The summed E-state index contributed by atoms with van der Waals surface area (Å²) in [6.07, 6.45) is 0.339. The third kappa shape index (κ3) is 5.50. The van der Waals surface area contributed by atoms with E-state index in [2.05, 4.69) is 19.2 Å². The Morgan fingerprint density at radius 2 is 1.81 bits per heavy atom. The predicted octanol–water partition coefficient (Wildman–Crippen LogP) is 6.32. The van der Waals surface area contributed by atoms with Crippen LogP contribution in [0.15, 0.2) is 83.4 Å². The first-order valence-electron chi connectivity index (χ1n) is 11.6. The molecule has 36 heavy (non-hydrogen) atoms. The lowest BCUT2D eigenvalue weighted by Gasteiger charge is -2.19. The Labute approximate surface area is 214 Å². The first-order chi connectivity index (χ1) is 17.3. The smallest absolute Gasteiger partial charge is 0.269 e. The van der Waals surface area contributed by atoms with Crippen LogP contribution in [0.4, 0.5) is 15.8 Å². The third-order valence-corrected chi connectivity index (χ3v) is 7.20. The summed E-state index contributed by atoms with van der Waals surface area (Å²) in [5.74, 6) is -0.840. The van der Waals surface area contributed by atoms with Crippen molar-refractivity contribution in [2.75, 3.05) is 10.2 Å². The topological polar surface area (TPSA) is 73.2 Å². The number of hydrogen-bond donors (Lipinski definition) is 1. The van der Waals surface area contributed by atoms with E-state index in [0.717, 1.165) is 16.7 Å². The third-order valence-electron chi connectivity index (χ3n) is 5.93. The normalized spacial score (nSPS) is 16.7. The molecule has 0 spiro atoms. The number of anilines is 2. The molecule has 1 fully saturated rings. The maximum Gasteiger partial charge on any atom is 0.269 e. The van der Waals surface area contributed by atoms with Crippen LogP contribution in [0.1, 0.15) is 36.5 Å². The van der Waals surface area contributed by atoms with E-state index in [1.54, 1.807) is 18.2 Å². The summed E-state index contributed by atoms with van der Waals surface area (Å²) in [7, 11) is 0. The van der Waals surface area contributed by atoms with E-state index < -0.39 is 11.2 Å². The van der Waals surface area contributed by atoms with Gasteiger partial charge in [0.05, 0.1) is 5.25 Å². The van der Waals surface area contributed by atoms with Crippen LogP contribution in [0.5, 0.6) is 0 Å². The highest BCUT2D eigenvalue weighted by Crippen LogP contribution is 2.42. The second-order valence-corrected chi connectivity index (χ2v) is 10.2. The largest absolute Gasteiger partial charge is 0.321 e. The highest BCUT2D eigenvalue weighted by atomic mass is 32.2. The minimum atomic E-state index is -0.579. The van der Waals surface area contributed by atoms with E-state index in [-0.39, 0.29) is 22.3 Å². The zero-order valence-electron chi connectivity index (χ0n) is 20.3. The average Bonchev–Trinajstić information content (AvgIpc) is 3.16. The quantitative estimate of drug-likeness (QED) is 0.318. The monoisotopic (exact) mass is 499 g/mol. The second kappa shape index (κ2) is 10.8. The minimum Gasteiger partial charge on any atom is -0.321 e. The van der Waals surface area contributed by atoms with E-state index in [4.69, 9.17) is 0 Å². The molecule has 7 heteroatoms. The Balaban J connectivity index is 1.73. The number of aryl methyl sites for hydroxylation is 1. The fourth-order valence-electron chi connectivity index (χ4n) is 3.98. The fraction of sp³-hybridized carbons (Fsp3) is 0.207. The van der Waals surface area contributed by atoms with Crippen LogP contribution in [-0.2, 0) is 16.0 Å². The van der Waals surface area contributed by atoms with E-state index in [9.17, 15) is 19.2 Å². The molecular weight excluding hydrogens is 473 g/mol. The summed E-state index contributed by atoms with van der Waals surface area (Å²) in [6, 6.07) is 22.9. The van der Waals surface area contributed by atoms with Gasteiger partial charge in [-0.2, -0.15) is 5.26 Å².